The number of likely N-dealkylation sites (tertiary alicyclic amines) is 2. The fourth-order valence-electron chi connectivity index (χ4n) is 8.89. The molecular weight excluding hydrogens is 769 g/mol. The number of fused-ring (bicyclic) bond motifs is 6. The number of hydrogen-bond acceptors (Lipinski definition) is 10. The van der Waals surface area contributed by atoms with E-state index in [0.29, 0.717) is 44.4 Å². The zero-order valence-electron chi connectivity index (χ0n) is 34.7. The molecule has 5 N–H and O–H groups in total. The Balaban J connectivity index is 1.05. The van der Waals surface area contributed by atoms with Crippen molar-refractivity contribution in [2.24, 2.45) is 17.6 Å². The maximum absolute atomic E-state index is 14.0. The van der Waals surface area contributed by atoms with Gasteiger partial charge in [-0.25, -0.2) is 19.6 Å². The molecule has 3 aromatic carbocycles. The number of hydrogen-bond donors (Lipinski definition) is 4. The summed E-state index contributed by atoms with van der Waals surface area (Å²) in [6, 6.07) is 13.1. The lowest BCUT2D eigenvalue weighted by Gasteiger charge is -2.29. The minimum Gasteiger partial charge on any atom is -0.488 e. The third kappa shape index (κ3) is 7.59. The van der Waals surface area contributed by atoms with Crippen molar-refractivity contribution in [2.75, 3.05) is 26.8 Å². The molecular formula is C44H52N8O8. The Hall–Kier alpha value is -6.16. The second-order valence-corrected chi connectivity index (χ2v) is 16.5. The molecule has 0 aliphatic carbocycles. The third-order valence-corrected chi connectivity index (χ3v) is 11.9. The number of carbonyl (C=O) groups excluding carboxylic acids is 4. The molecule has 0 spiro atoms. The number of rotatable bonds is 11. The molecule has 316 valence electrons. The van der Waals surface area contributed by atoms with Crippen LogP contribution in [-0.4, -0.2) is 98.8 Å². The predicted octanol–water partition coefficient (Wildman–Crippen LogP) is 6.51. The number of benzene rings is 3. The van der Waals surface area contributed by atoms with E-state index in [-0.39, 0.29) is 35.8 Å². The van der Waals surface area contributed by atoms with Crippen LogP contribution in [0.15, 0.2) is 48.7 Å². The van der Waals surface area contributed by atoms with E-state index in [1.165, 1.54) is 7.11 Å². The lowest BCUT2D eigenvalue weighted by Crippen LogP contribution is -2.51. The van der Waals surface area contributed by atoms with Gasteiger partial charge < -0.3 is 49.8 Å². The molecule has 5 heterocycles. The first-order valence-corrected chi connectivity index (χ1v) is 20.7. The van der Waals surface area contributed by atoms with E-state index in [1.807, 2.05) is 46.8 Å². The van der Waals surface area contributed by atoms with Crippen LogP contribution >= 0.6 is 0 Å². The minimum atomic E-state index is -0.971. The van der Waals surface area contributed by atoms with Gasteiger partial charge in [0.15, 0.2) is 6.10 Å². The van der Waals surface area contributed by atoms with Gasteiger partial charge in [-0.1, -0.05) is 45.9 Å². The monoisotopic (exact) mass is 820 g/mol. The summed E-state index contributed by atoms with van der Waals surface area (Å²) in [5.41, 5.74) is 11.7. The summed E-state index contributed by atoms with van der Waals surface area (Å²) >= 11 is 0. The second-order valence-electron chi connectivity index (χ2n) is 16.5. The molecule has 5 atom stereocenters. The average Bonchev–Trinajstić information content (AvgIpc) is 4.06. The average molecular weight is 821 g/mol. The zero-order valence-corrected chi connectivity index (χ0v) is 34.7. The van der Waals surface area contributed by atoms with Gasteiger partial charge in [-0.15, -0.1) is 0 Å². The summed E-state index contributed by atoms with van der Waals surface area (Å²) in [5, 5.41) is 4.63. The summed E-state index contributed by atoms with van der Waals surface area (Å²) in [5.74, 6) is 1.17. The number of alkyl carbamates (subject to hydrolysis) is 1. The van der Waals surface area contributed by atoms with Crippen molar-refractivity contribution in [3.8, 4) is 28.1 Å². The zero-order chi connectivity index (χ0) is 42.4. The van der Waals surface area contributed by atoms with Crippen LogP contribution in [0.25, 0.3) is 44.2 Å². The maximum Gasteiger partial charge on any atom is 0.407 e. The highest BCUT2D eigenvalue weighted by Crippen LogP contribution is 2.43. The van der Waals surface area contributed by atoms with E-state index in [1.54, 1.807) is 16.0 Å². The van der Waals surface area contributed by atoms with Crippen molar-refractivity contribution < 1.29 is 38.1 Å². The largest absolute Gasteiger partial charge is 0.488 e. The van der Waals surface area contributed by atoms with Crippen LogP contribution in [0.5, 0.6) is 5.75 Å². The van der Waals surface area contributed by atoms with Crippen molar-refractivity contribution in [3.63, 3.8) is 0 Å². The van der Waals surface area contributed by atoms with Gasteiger partial charge in [0, 0.05) is 37.1 Å². The number of primary amides is 1. The van der Waals surface area contributed by atoms with Crippen molar-refractivity contribution >= 4 is 45.8 Å². The normalized spacial score (nSPS) is 19.6. The van der Waals surface area contributed by atoms with Crippen LogP contribution < -0.4 is 15.8 Å². The number of imidazole rings is 2. The number of nitrogens with one attached hydrogen (secondary N) is 3. The number of aromatic nitrogens is 4. The number of ether oxygens (including phenoxy) is 4. The number of amides is 4. The van der Waals surface area contributed by atoms with Gasteiger partial charge in [0.1, 0.15) is 30.0 Å². The molecule has 16 nitrogen and oxygen atoms in total. The molecule has 0 unspecified atom stereocenters. The molecule has 8 rings (SSSR count). The van der Waals surface area contributed by atoms with E-state index in [9.17, 15) is 19.2 Å². The topological polar surface area (TPSA) is 207 Å². The fraction of sp³-hybridized carbons (Fsp3) is 0.455. The van der Waals surface area contributed by atoms with E-state index in [0.717, 1.165) is 68.3 Å². The Morgan fingerprint density at radius 3 is 2.52 bits per heavy atom. The van der Waals surface area contributed by atoms with Crippen LogP contribution in [0.3, 0.4) is 0 Å². The van der Waals surface area contributed by atoms with E-state index >= 15 is 0 Å². The first-order chi connectivity index (χ1) is 28.8. The molecule has 2 fully saturated rings. The summed E-state index contributed by atoms with van der Waals surface area (Å²) in [4.78, 5) is 71.5. The molecule has 60 heavy (non-hydrogen) atoms. The standard InChI is InChI=1S/C44H52N8O8/c1-7-58-27-17-34(52(20-27)41(53)36(22(2)3)50-44(56)57-6)40-47-31-13-11-24-16-30-28-12-10-25(15-26(28)21-59-35(30)18-29(24)37(31)49-40)32-19-46-39(48-32)33-9-8-14-51(33)42(54)38(23(4)5)60-43(45)55/h10-13,15-16,18-19,22-23,27,33-34,36,38H,7-9,14,17,20-21H2,1-6H3,(H2,45,55)(H,46,48)(H,47,49)(H,50,56)/t27-,33-,34-,36-,38-/m0/s1. The number of aromatic amines is 2. The van der Waals surface area contributed by atoms with Crippen LogP contribution in [0.4, 0.5) is 9.59 Å². The van der Waals surface area contributed by atoms with Gasteiger partial charge in [-0.05, 0) is 77.9 Å². The summed E-state index contributed by atoms with van der Waals surface area (Å²) in [6.45, 7) is 11.1. The van der Waals surface area contributed by atoms with Gasteiger partial charge in [0.05, 0.1) is 48.2 Å². The van der Waals surface area contributed by atoms with E-state index < -0.39 is 30.4 Å². The van der Waals surface area contributed by atoms with Gasteiger partial charge in [0.2, 0.25) is 5.91 Å². The number of H-pyrrole nitrogens is 2. The SMILES string of the molecule is CCO[C@H]1C[C@@H](c2nc3c(ccc4cc5c(cc43)OCc3cc(-c4cnc([C@@H]6CCCN6C(=O)[C@@H](OC(N)=O)C(C)C)[nH]4)ccc3-5)[nH]2)N(C(=O)[C@@H](NC(=O)OC)C(C)C)C1. The van der Waals surface area contributed by atoms with Crippen LogP contribution in [0, 0.1) is 11.8 Å². The quantitative estimate of drug-likeness (QED) is 0.114. The van der Waals surface area contributed by atoms with Gasteiger partial charge in [0.25, 0.3) is 5.91 Å². The number of carbonyl (C=O) groups is 4. The molecule has 0 saturated carbocycles. The molecule has 0 bridgehead atoms. The Bertz CT molecular complexity index is 2460. The smallest absolute Gasteiger partial charge is 0.407 e. The molecule has 2 aromatic heterocycles. The number of nitrogens with two attached hydrogens (primary N) is 1. The molecule has 4 amide bonds. The fourth-order valence-corrected chi connectivity index (χ4v) is 8.89. The van der Waals surface area contributed by atoms with Crippen molar-refractivity contribution in [2.45, 2.75) is 90.8 Å². The predicted molar refractivity (Wildman–Crippen MR) is 223 cm³/mol. The van der Waals surface area contributed by atoms with Crippen molar-refractivity contribution in [3.05, 3.63) is 65.9 Å². The maximum atomic E-state index is 14.0. The molecule has 16 heteroatoms. The molecule has 3 aliphatic rings. The van der Waals surface area contributed by atoms with Crippen molar-refractivity contribution in [1.29, 1.82) is 0 Å². The highest BCUT2D eigenvalue weighted by atomic mass is 16.6. The van der Waals surface area contributed by atoms with Crippen LogP contribution in [0.2, 0.25) is 0 Å². The molecule has 0 radical (unpaired) electrons. The second kappa shape index (κ2) is 16.5. The van der Waals surface area contributed by atoms with Gasteiger partial charge in [-0.2, -0.15) is 0 Å². The first-order valence-electron chi connectivity index (χ1n) is 20.7. The van der Waals surface area contributed by atoms with Gasteiger partial charge >= 0.3 is 12.2 Å². The Morgan fingerprint density at radius 2 is 1.78 bits per heavy atom. The van der Waals surface area contributed by atoms with Crippen LogP contribution in [0.1, 0.15) is 83.2 Å². The summed E-state index contributed by atoms with van der Waals surface area (Å²) < 4.78 is 22.4. The Labute approximate surface area is 347 Å². The summed E-state index contributed by atoms with van der Waals surface area (Å²) in [7, 11) is 1.28. The Kier molecular flexibility index (Phi) is 11.2. The summed E-state index contributed by atoms with van der Waals surface area (Å²) in [6.07, 6.45) is 1.10. The highest BCUT2D eigenvalue weighted by molar-refractivity contribution is 6.07. The molecule has 5 aromatic rings. The van der Waals surface area contributed by atoms with Crippen molar-refractivity contribution in [1.82, 2.24) is 35.1 Å². The molecule has 2 saturated heterocycles. The lowest BCUT2D eigenvalue weighted by atomic mass is 9.92. The molecule has 3 aliphatic heterocycles. The third-order valence-electron chi connectivity index (χ3n) is 11.9. The van der Waals surface area contributed by atoms with E-state index in [4.69, 9.17) is 34.6 Å². The first kappa shape index (κ1) is 40.6. The van der Waals surface area contributed by atoms with Gasteiger partial charge in [-0.3, -0.25) is 9.59 Å². The Morgan fingerprint density at radius 1 is 0.967 bits per heavy atom. The van der Waals surface area contributed by atoms with E-state index in [2.05, 4.69) is 45.6 Å². The number of methoxy groups -OCH3 is 1. The number of nitrogens with zero attached hydrogens (tertiary/aromatic N) is 4. The minimum absolute atomic E-state index is 0.174. The lowest BCUT2D eigenvalue weighted by molar-refractivity contribution is -0.143. The van der Waals surface area contributed by atoms with Crippen LogP contribution in [-0.2, 0) is 30.4 Å². The highest BCUT2D eigenvalue weighted by Gasteiger charge is 2.42.